The standard InChI is InChI=1S/C39H47NO14.2Ac/c1-6-7-15-51-35(47)40-27(22-14-11-16-50-22)29(43)34(46)53-23-18-39(49)32(54-33(45)21-12-9-8-10-13-21)30-37(5,24(41)17-25-38(30,48)19-52-25)31(44)28(42)26(20(23)2)36(39,3)4;;/h6-14,16,23-25,27-30,32,41-43,48-49H,15,17-19H2,1-5H3,(H,40,47);;/b7-6+;;/t23-,24-,25+,27-,28+,29+,30-,32-,37+,38-,39+;;/m0../s1. The predicted molar refractivity (Wildman–Crippen MR) is 186 cm³/mol. The molecule has 2 aromatic rings. The molecule has 1 aliphatic heterocycles. The van der Waals surface area contributed by atoms with E-state index in [1.165, 1.54) is 58.2 Å². The van der Waals surface area contributed by atoms with Crippen LogP contribution in [0.1, 0.15) is 69.6 Å². The second-order valence-electron chi connectivity index (χ2n) is 15.3. The molecule has 0 spiro atoms. The number of rotatable bonds is 9. The summed E-state index contributed by atoms with van der Waals surface area (Å²) in [6, 6.07) is 9.25. The minimum atomic E-state index is -2.32. The molecule has 1 aromatic heterocycles. The van der Waals surface area contributed by atoms with Crippen molar-refractivity contribution in [1.82, 2.24) is 5.32 Å². The smallest absolute Gasteiger partial charge is 0.408 e. The third-order valence-corrected chi connectivity index (χ3v) is 12.1. The molecular weight excluding hydrogens is 1160 g/mol. The molecule has 17 heteroatoms. The molecular formula is C39H47Ac2NO14. The van der Waals surface area contributed by atoms with E-state index in [9.17, 15) is 44.7 Å². The molecule has 1 aromatic carbocycles. The fraction of sp³-hybridized carbons (Fsp3) is 0.538. The van der Waals surface area contributed by atoms with Gasteiger partial charge in [0.15, 0.2) is 11.9 Å². The van der Waals surface area contributed by atoms with Crippen molar-refractivity contribution in [1.29, 1.82) is 0 Å². The molecule has 2 bridgehead atoms. The number of nitrogens with one attached hydrogen (secondary N) is 1. The van der Waals surface area contributed by atoms with Gasteiger partial charge in [0, 0.05) is 112 Å². The van der Waals surface area contributed by atoms with E-state index < -0.39 is 101 Å². The van der Waals surface area contributed by atoms with Crippen LogP contribution < -0.4 is 5.32 Å². The van der Waals surface area contributed by atoms with Crippen LogP contribution in [0.3, 0.4) is 0 Å². The van der Waals surface area contributed by atoms with Gasteiger partial charge in [-0.25, -0.2) is 14.4 Å². The van der Waals surface area contributed by atoms with E-state index in [2.05, 4.69) is 5.32 Å². The zero-order chi connectivity index (χ0) is 39.4. The molecule has 1 saturated heterocycles. The van der Waals surface area contributed by atoms with E-state index in [4.69, 9.17) is 23.4 Å². The Morgan fingerprint density at radius 2 is 1.71 bits per heavy atom. The Bertz CT molecular complexity index is 1830. The zero-order valence-corrected chi connectivity index (χ0v) is 41.3. The Morgan fingerprint density at radius 1 is 1.04 bits per heavy atom. The summed E-state index contributed by atoms with van der Waals surface area (Å²) >= 11 is 0. The van der Waals surface area contributed by atoms with Crippen molar-refractivity contribution >= 4 is 23.8 Å². The van der Waals surface area contributed by atoms with Gasteiger partial charge in [-0.3, -0.25) is 4.79 Å². The Balaban J connectivity index is 0.00000348. The molecule has 6 rings (SSSR count). The molecule has 3 fully saturated rings. The van der Waals surface area contributed by atoms with Gasteiger partial charge >= 0.3 is 18.0 Å². The van der Waals surface area contributed by atoms with Crippen LogP contribution in [0, 0.1) is 105 Å². The number of fused-ring (bicyclic) bond motifs is 5. The molecule has 2 saturated carbocycles. The summed E-state index contributed by atoms with van der Waals surface area (Å²) < 4.78 is 28.1. The van der Waals surface area contributed by atoms with E-state index in [1.54, 1.807) is 37.3 Å². The van der Waals surface area contributed by atoms with Crippen LogP contribution in [0.5, 0.6) is 0 Å². The van der Waals surface area contributed by atoms with Gasteiger partial charge in [-0.2, -0.15) is 0 Å². The number of ketones is 1. The quantitative estimate of drug-likeness (QED) is 0.120. The number of furan rings is 1. The second kappa shape index (κ2) is 18.0. The summed E-state index contributed by atoms with van der Waals surface area (Å²) in [5, 5.41) is 62.7. The summed E-state index contributed by atoms with van der Waals surface area (Å²) in [6.45, 7) is 7.25. The number of aliphatic hydroxyl groups excluding tert-OH is 3. The van der Waals surface area contributed by atoms with Gasteiger partial charge in [-0.05, 0) is 56.2 Å². The van der Waals surface area contributed by atoms with Crippen molar-refractivity contribution in [2.24, 2.45) is 16.7 Å². The molecule has 15 nitrogen and oxygen atoms in total. The van der Waals surface area contributed by atoms with Gasteiger partial charge in [0.1, 0.15) is 47.9 Å². The number of alkyl carbamates (subject to hydrolysis) is 1. The number of allylic oxidation sites excluding steroid dienone is 1. The molecule has 3 aliphatic carbocycles. The normalized spacial score (nSPS) is 34.1. The van der Waals surface area contributed by atoms with Gasteiger partial charge in [0.25, 0.3) is 0 Å². The number of carbonyl (C=O) groups is 4. The summed E-state index contributed by atoms with van der Waals surface area (Å²) in [4.78, 5) is 54.9. The monoisotopic (exact) mass is 1210 g/mol. The molecule has 298 valence electrons. The number of amides is 1. The summed E-state index contributed by atoms with van der Waals surface area (Å²) in [6.07, 6.45) is -6.99. The summed E-state index contributed by atoms with van der Waals surface area (Å²) in [5.74, 6) is -4.65. The second-order valence-corrected chi connectivity index (χ2v) is 15.3. The number of ether oxygens (including phenoxy) is 4. The van der Waals surface area contributed by atoms with Gasteiger partial charge in [-0.1, -0.05) is 44.2 Å². The van der Waals surface area contributed by atoms with Gasteiger partial charge in [0.05, 0.1) is 36.1 Å². The average molecular weight is 1210 g/mol. The first kappa shape index (κ1) is 47.2. The van der Waals surface area contributed by atoms with E-state index >= 15 is 0 Å². The minimum Gasteiger partial charge on any atom is -0.467 e. The molecule has 0 unspecified atom stereocenters. The number of hydrogen-bond donors (Lipinski definition) is 6. The van der Waals surface area contributed by atoms with Crippen LogP contribution in [0.2, 0.25) is 0 Å². The molecule has 4 aliphatic rings. The van der Waals surface area contributed by atoms with Crippen LogP contribution in [0.4, 0.5) is 4.79 Å². The number of aliphatic hydroxyl groups is 5. The van der Waals surface area contributed by atoms with Crippen molar-refractivity contribution in [3.63, 3.8) is 0 Å². The SMILES string of the molecule is C/C=C/COC(=O)N[C@@H](c1ccco1)[C@@H](O)C(=O)O[C@H]1C[C@@]2(O)[C@@H](OC(=O)c3ccccc3)[C@@H]3[C@]4(O)CO[C@@H]4C[C@H](O)[C@@]3(C)C(=O)[C@H](O)C(=C1C)C2(C)C.[Ac].[Ac]. The maximum Gasteiger partial charge on any atom is 0.408 e. The predicted octanol–water partition coefficient (Wildman–Crippen LogP) is 2.06. The Kier molecular flexibility index (Phi) is 15.2. The van der Waals surface area contributed by atoms with Crippen molar-refractivity contribution in [2.45, 2.75) is 101 Å². The summed E-state index contributed by atoms with van der Waals surface area (Å²) in [5.41, 5.74) is -7.63. The van der Waals surface area contributed by atoms with Crippen molar-refractivity contribution < 1.29 is 156 Å². The molecule has 2 heterocycles. The number of Topliss-reactive ketones (excluding diaryl/α,β-unsaturated/α-hetero) is 1. The largest absolute Gasteiger partial charge is 0.467 e. The van der Waals surface area contributed by atoms with Crippen LogP contribution in [0.25, 0.3) is 0 Å². The van der Waals surface area contributed by atoms with E-state index in [1.807, 2.05) is 0 Å². The Morgan fingerprint density at radius 3 is 2.30 bits per heavy atom. The number of esters is 2. The molecule has 1 amide bonds. The first-order valence-electron chi connectivity index (χ1n) is 17.8. The topological polar surface area (TPSA) is 232 Å². The zero-order valence-electron chi connectivity index (χ0n) is 31.8. The van der Waals surface area contributed by atoms with Crippen molar-refractivity contribution in [3.8, 4) is 0 Å². The third-order valence-electron chi connectivity index (χ3n) is 12.1. The first-order chi connectivity index (χ1) is 25.4. The molecule has 2 radical (unpaired) electrons. The number of carbonyl (C=O) groups excluding carboxylic acids is 4. The number of hydrogen-bond acceptors (Lipinski definition) is 14. The molecule has 56 heavy (non-hydrogen) atoms. The van der Waals surface area contributed by atoms with Crippen LogP contribution in [0.15, 0.2) is 76.4 Å². The molecule has 6 N–H and O–H groups in total. The Hall–Kier alpha value is -1.50. The summed E-state index contributed by atoms with van der Waals surface area (Å²) in [7, 11) is 0. The van der Waals surface area contributed by atoms with Gasteiger partial charge in [-0.15, -0.1) is 0 Å². The van der Waals surface area contributed by atoms with Crippen LogP contribution in [-0.2, 0) is 28.5 Å². The minimum absolute atomic E-state index is 0. The van der Waals surface area contributed by atoms with E-state index in [-0.39, 0.29) is 130 Å². The van der Waals surface area contributed by atoms with E-state index in [0.29, 0.717) is 0 Å². The maximum absolute atomic E-state index is 14.6. The third kappa shape index (κ3) is 7.93. The first-order valence-corrected chi connectivity index (χ1v) is 17.8. The van der Waals surface area contributed by atoms with Crippen molar-refractivity contribution in [3.05, 3.63) is 83.3 Å². The number of benzene rings is 1. The Labute approximate surface area is 395 Å². The van der Waals surface area contributed by atoms with Gasteiger partial charge in [0.2, 0.25) is 0 Å². The van der Waals surface area contributed by atoms with E-state index in [0.717, 1.165) is 0 Å². The maximum atomic E-state index is 14.6. The van der Waals surface area contributed by atoms with Crippen LogP contribution in [-0.4, -0.2) is 110 Å². The fourth-order valence-electron chi connectivity index (χ4n) is 8.89. The van der Waals surface area contributed by atoms with Gasteiger partial charge < -0.3 is 54.2 Å². The molecule has 11 atom stereocenters. The van der Waals surface area contributed by atoms with Crippen LogP contribution >= 0.6 is 0 Å². The average Bonchev–Trinajstić information content (AvgIpc) is 3.67. The van der Waals surface area contributed by atoms with Crippen molar-refractivity contribution in [2.75, 3.05) is 13.2 Å². The fourth-order valence-corrected chi connectivity index (χ4v) is 8.89.